The van der Waals surface area contributed by atoms with Crippen LogP contribution in [0.5, 0.6) is 0 Å². The summed E-state index contributed by atoms with van der Waals surface area (Å²) in [5.41, 5.74) is 3.46. The van der Waals surface area contributed by atoms with E-state index in [2.05, 4.69) is 16.0 Å². The molecule has 3 aliphatic carbocycles. The number of urea groups is 1. The van der Waals surface area contributed by atoms with E-state index < -0.39 is 68.5 Å². The molecule has 0 radical (unpaired) electrons. The number of hydrogen-bond acceptors (Lipinski definition) is 7. The van der Waals surface area contributed by atoms with Crippen molar-refractivity contribution in [3.8, 4) is 0 Å². The molecule has 5 N–H and O–H groups in total. The fourth-order valence-corrected chi connectivity index (χ4v) is 9.16. The van der Waals surface area contributed by atoms with Crippen LogP contribution in [0.2, 0.25) is 0 Å². The fourth-order valence-electron chi connectivity index (χ4n) is 7.79. The first kappa shape index (κ1) is 34.2. The van der Waals surface area contributed by atoms with Gasteiger partial charge in [0.2, 0.25) is 17.6 Å². The SMILES string of the molecule is CC(C)(C)[C@H](NC(=O)NC1(CS(C)(=O)=O)CCCCC1)C(=O)N1CC2[C@H](C1C(=O)NC(CC1CCC1)C(=O)C(N)=O)C2(C)C. The highest BCUT2D eigenvalue weighted by atomic mass is 32.2. The van der Waals surface area contributed by atoms with Crippen molar-refractivity contribution < 1.29 is 32.4 Å². The monoisotopic (exact) mass is 637 g/mol. The molecule has 5 atom stereocenters. The number of carbonyl (C=O) groups is 5. The molecule has 3 saturated carbocycles. The van der Waals surface area contributed by atoms with E-state index in [4.69, 9.17) is 5.73 Å². The lowest BCUT2D eigenvalue weighted by molar-refractivity contribution is -0.145. The standard InChI is InChI=1S/C31H51N5O7S/c1-29(2,3)24(34-28(41)35-31(17-44(6,42)43)13-8-7-9-14-31)27(40)36-16-19-21(30(19,4)5)22(36)26(39)33-20(23(37)25(32)38)15-18-11-10-12-18/h18-22,24H,7-17H2,1-6H3,(H2,32,38)(H,33,39)(H2,34,35,41)/t19?,20?,21-,22?,24-/m1/s1. The zero-order chi connectivity index (χ0) is 32.8. The molecule has 4 rings (SSSR count). The van der Waals surface area contributed by atoms with Gasteiger partial charge in [0.15, 0.2) is 0 Å². The number of rotatable bonds is 11. The van der Waals surface area contributed by atoms with Gasteiger partial charge in [-0.3, -0.25) is 19.2 Å². The molecule has 248 valence electrons. The summed E-state index contributed by atoms with van der Waals surface area (Å²) in [6.45, 7) is 9.86. The first-order valence-corrected chi connectivity index (χ1v) is 18.0. The van der Waals surface area contributed by atoms with E-state index in [-0.39, 0.29) is 28.9 Å². The van der Waals surface area contributed by atoms with Crippen molar-refractivity contribution in [2.45, 2.75) is 116 Å². The Kier molecular flexibility index (Phi) is 9.51. The van der Waals surface area contributed by atoms with Gasteiger partial charge in [0, 0.05) is 12.8 Å². The van der Waals surface area contributed by atoms with Crippen LogP contribution in [0.1, 0.15) is 92.4 Å². The second-order valence-corrected chi connectivity index (χ2v) is 17.7. The van der Waals surface area contributed by atoms with Crippen molar-refractivity contribution in [2.75, 3.05) is 18.6 Å². The molecular formula is C31H51N5O7S. The molecule has 0 aromatic carbocycles. The highest BCUT2D eigenvalue weighted by Gasteiger charge is 2.70. The van der Waals surface area contributed by atoms with Gasteiger partial charge in [0.1, 0.15) is 21.9 Å². The molecule has 1 aliphatic heterocycles. The number of Topliss-reactive ketones (excluding diaryl/α,β-unsaturated/α-hetero) is 1. The Balaban J connectivity index is 1.54. The summed E-state index contributed by atoms with van der Waals surface area (Å²) in [4.78, 5) is 67.6. The number of nitrogens with two attached hydrogens (primary N) is 1. The second kappa shape index (κ2) is 12.2. The average molecular weight is 638 g/mol. The predicted octanol–water partition coefficient (Wildman–Crippen LogP) is 1.66. The van der Waals surface area contributed by atoms with Crippen molar-refractivity contribution in [1.29, 1.82) is 0 Å². The van der Waals surface area contributed by atoms with Gasteiger partial charge in [0.05, 0.1) is 17.3 Å². The summed E-state index contributed by atoms with van der Waals surface area (Å²) >= 11 is 0. The molecule has 0 spiro atoms. The van der Waals surface area contributed by atoms with Crippen LogP contribution in [0.3, 0.4) is 0 Å². The topological polar surface area (TPSA) is 185 Å². The van der Waals surface area contributed by atoms with E-state index in [0.717, 1.165) is 44.8 Å². The molecule has 0 aromatic rings. The van der Waals surface area contributed by atoms with Gasteiger partial charge >= 0.3 is 6.03 Å². The number of nitrogens with zero attached hydrogens (tertiary/aromatic N) is 1. The van der Waals surface area contributed by atoms with E-state index in [1.807, 2.05) is 34.6 Å². The summed E-state index contributed by atoms with van der Waals surface area (Å²) in [5.74, 6) is -2.91. The maximum atomic E-state index is 14.2. The Morgan fingerprint density at radius 3 is 2.09 bits per heavy atom. The van der Waals surface area contributed by atoms with Crippen molar-refractivity contribution in [1.82, 2.24) is 20.9 Å². The van der Waals surface area contributed by atoms with Gasteiger partial charge in [-0.15, -0.1) is 0 Å². The first-order chi connectivity index (χ1) is 20.3. The number of amides is 5. The zero-order valence-electron chi connectivity index (χ0n) is 27.0. The lowest BCUT2D eigenvalue weighted by Crippen LogP contribution is -2.63. The Morgan fingerprint density at radius 2 is 1.59 bits per heavy atom. The number of ketones is 1. The number of likely N-dealkylation sites (tertiary alicyclic amines) is 1. The van der Waals surface area contributed by atoms with Crippen molar-refractivity contribution >= 4 is 39.4 Å². The molecule has 4 aliphatic rings. The first-order valence-electron chi connectivity index (χ1n) is 16.0. The number of nitrogens with one attached hydrogen (secondary N) is 3. The highest BCUT2D eigenvalue weighted by Crippen LogP contribution is 2.65. The molecule has 1 heterocycles. The number of piperidine rings is 1. The van der Waals surface area contributed by atoms with Gasteiger partial charge in [-0.1, -0.05) is 73.1 Å². The van der Waals surface area contributed by atoms with Gasteiger partial charge in [-0.25, -0.2) is 13.2 Å². The van der Waals surface area contributed by atoms with Gasteiger partial charge in [0.25, 0.3) is 5.91 Å². The largest absolute Gasteiger partial charge is 0.363 e. The van der Waals surface area contributed by atoms with Crippen LogP contribution >= 0.6 is 0 Å². The molecule has 1 saturated heterocycles. The number of hydrogen-bond donors (Lipinski definition) is 4. The van der Waals surface area contributed by atoms with Crippen molar-refractivity contribution in [2.24, 2.45) is 34.3 Å². The van der Waals surface area contributed by atoms with Crippen LogP contribution in [0.15, 0.2) is 0 Å². The molecule has 0 aromatic heterocycles. The summed E-state index contributed by atoms with van der Waals surface area (Å²) < 4.78 is 24.5. The van der Waals surface area contributed by atoms with Crippen molar-refractivity contribution in [3.05, 3.63) is 0 Å². The Bertz CT molecular complexity index is 1280. The van der Waals surface area contributed by atoms with Crippen LogP contribution in [-0.2, 0) is 29.0 Å². The Morgan fingerprint density at radius 1 is 0.977 bits per heavy atom. The minimum absolute atomic E-state index is 0.0637. The van der Waals surface area contributed by atoms with Crippen LogP contribution < -0.4 is 21.7 Å². The molecule has 44 heavy (non-hydrogen) atoms. The van der Waals surface area contributed by atoms with Crippen LogP contribution in [0, 0.1) is 28.6 Å². The van der Waals surface area contributed by atoms with E-state index in [9.17, 15) is 32.4 Å². The number of fused-ring (bicyclic) bond motifs is 1. The molecule has 13 heteroatoms. The van der Waals surface area contributed by atoms with E-state index in [0.29, 0.717) is 25.8 Å². The molecule has 5 amide bonds. The summed E-state index contributed by atoms with van der Waals surface area (Å²) in [7, 11) is -3.39. The van der Waals surface area contributed by atoms with E-state index in [1.54, 1.807) is 0 Å². The number of sulfone groups is 1. The Labute approximate surface area is 261 Å². The average Bonchev–Trinajstić information content (AvgIpc) is 3.19. The lowest BCUT2D eigenvalue weighted by Gasteiger charge is -2.40. The quantitative estimate of drug-likeness (QED) is 0.248. The maximum Gasteiger partial charge on any atom is 0.315 e. The smallest absolute Gasteiger partial charge is 0.315 e. The van der Waals surface area contributed by atoms with E-state index >= 15 is 0 Å². The maximum absolute atomic E-state index is 14.2. The summed E-state index contributed by atoms with van der Waals surface area (Å²) in [6.07, 6.45) is 7.94. The second-order valence-electron chi connectivity index (χ2n) is 15.5. The minimum atomic E-state index is -3.39. The highest BCUT2D eigenvalue weighted by molar-refractivity contribution is 7.90. The lowest BCUT2D eigenvalue weighted by atomic mass is 9.80. The van der Waals surface area contributed by atoms with Gasteiger partial charge < -0.3 is 26.6 Å². The molecule has 12 nitrogen and oxygen atoms in total. The van der Waals surface area contributed by atoms with Gasteiger partial charge in [-0.2, -0.15) is 0 Å². The van der Waals surface area contributed by atoms with Crippen LogP contribution in [-0.4, -0.2) is 85.1 Å². The predicted molar refractivity (Wildman–Crippen MR) is 165 cm³/mol. The fraction of sp³-hybridized carbons (Fsp3) is 0.839. The minimum Gasteiger partial charge on any atom is -0.363 e. The van der Waals surface area contributed by atoms with Crippen LogP contribution in [0.4, 0.5) is 4.79 Å². The van der Waals surface area contributed by atoms with Crippen molar-refractivity contribution in [3.63, 3.8) is 0 Å². The van der Waals surface area contributed by atoms with Crippen LogP contribution in [0.25, 0.3) is 0 Å². The third kappa shape index (κ3) is 7.39. The number of primary amides is 1. The summed E-state index contributed by atoms with van der Waals surface area (Å²) in [5, 5.41) is 8.53. The molecule has 3 unspecified atom stereocenters. The molecule has 0 bridgehead atoms. The summed E-state index contributed by atoms with van der Waals surface area (Å²) in [6, 6.07) is -3.57. The Hall–Kier alpha value is -2.70. The van der Waals surface area contributed by atoms with E-state index in [1.165, 1.54) is 4.90 Å². The molecular weight excluding hydrogens is 586 g/mol. The normalized spacial score (nSPS) is 27.2. The third-order valence-corrected chi connectivity index (χ3v) is 11.6. The molecule has 4 fully saturated rings. The zero-order valence-corrected chi connectivity index (χ0v) is 27.8. The van der Waals surface area contributed by atoms with Gasteiger partial charge in [-0.05, 0) is 47.8 Å². The number of carbonyl (C=O) groups excluding carboxylic acids is 5. The third-order valence-electron chi connectivity index (χ3n) is 10.5.